The smallest absolute Gasteiger partial charge is 0.227 e. The van der Waals surface area contributed by atoms with Gasteiger partial charge in [-0.1, -0.05) is 54.6 Å². The maximum atomic E-state index is 12.1. The lowest BCUT2D eigenvalue weighted by atomic mass is 10.1. The third kappa shape index (κ3) is 3.17. The van der Waals surface area contributed by atoms with Crippen LogP contribution in [0.15, 0.2) is 79.0 Å². The van der Waals surface area contributed by atoms with Crippen molar-refractivity contribution in [2.45, 2.75) is 12.8 Å². The summed E-state index contributed by atoms with van der Waals surface area (Å²) in [5, 5.41) is 0. The third-order valence-corrected chi connectivity index (χ3v) is 5.94. The number of benzene rings is 3. The van der Waals surface area contributed by atoms with Crippen molar-refractivity contribution in [3.05, 3.63) is 79.0 Å². The fourth-order valence-corrected chi connectivity index (χ4v) is 4.33. The van der Waals surface area contributed by atoms with E-state index in [1.807, 2.05) is 83.9 Å². The van der Waals surface area contributed by atoms with E-state index in [4.69, 9.17) is 9.97 Å². The van der Waals surface area contributed by atoms with Gasteiger partial charge in [0.25, 0.3) is 0 Å². The lowest BCUT2D eigenvalue weighted by molar-refractivity contribution is -0.117. The molecule has 1 amide bonds. The van der Waals surface area contributed by atoms with Crippen molar-refractivity contribution in [3.63, 3.8) is 0 Å². The van der Waals surface area contributed by atoms with Gasteiger partial charge in [0, 0.05) is 41.5 Å². The minimum atomic E-state index is 0.182. The molecular weight excluding hydrogens is 398 g/mol. The second-order valence-electron chi connectivity index (χ2n) is 7.98. The monoisotopic (exact) mass is 419 g/mol. The number of aromatic nitrogens is 4. The number of imidazole rings is 2. The van der Waals surface area contributed by atoms with Gasteiger partial charge >= 0.3 is 0 Å². The van der Waals surface area contributed by atoms with Gasteiger partial charge in [-0.2, -0.15) is 0 Å². The van der Waals surface area contributed by atoms with Crippen LogP contribution in [0.4, 0.5) is 5.69 Å². The molecule has 0 unspecified atom stereocenters. The van der Waals surface area contributed by atoms with Crippen molar-refractivity contribution >= 4 is 22.6 Å². The Hall–Kier alpha value is -4.19. The standard InChI is InChI=1S/C26H21N5O/c32-24-11-6-14-31(24)18-12-13-21-22(15-18)29-26(28-21)20-10-5-4-9-19(20)25-27-16-23(30-25)17-7-2-1-3-8-17/h1-5,7-10,12-13,15-16H,6,11,14H2,(H,27,30)(H,28,29). The summed E-state index contributed by atoms with van der Waals surface area (Å²) >= 11 is 0. The number of anilines is 1. The zero-order chi connectivity index (χ0) is 21.5. The highest BCUT2D eigenvalue weighted by Crippen LogP contribution is 2.32. The van der Waals surface area contributed by atoms with E-state index in [0.29, 0.717) is 6.42 Å². The second kappa shape index (κ2) is 7.50. The van der Waals surface area contributed by atoms with Crippen LogP contribution >= 0.6 is 0 Å². The second-order valence-corrected chi connectivity index (χ2v) is 7.98. The van der Waals surface area contributed by atoms with Gasteiger partial charge < -0.3 is 14.9 Å². The van der Waals surface area contributed by atoms with Crippen molar-refractivity contribution in [2.75, 3.05) is 11.4 Å². The largest absolute Gasteiger partial charge is 0.344 e. The van der Waals surface area contributed by atoms with Gasteiger partial charge in [-0.3, -0.25) is 4.79 Å². The molecule has 1 aliphatic heterocycles. The summed E-state index contributed by atoms with van der Waals surface area (Å²) in [6, 6.07) is 24.2. The topological polar surface area (TPSA) is 77.7 Å². The number of nitrogens with one attached hydrogen (secondary N) is 2. The molecule has 3 aromatic carbocycles. The first-order valence-electron chi connectivity index (χ1n) is 10.8. The molecule has 1 saturated heterocycles. The summed E-state index contributed by atoms with van der Waals surface area (Å²) in [5.74, 6) is 1.75. The van der Waals surface area contributed by atoms with E-state index in [1.165, 1.54) is 0 Å². The van der Waals surface area contributed by atoms with E-state index in [9.17, 15) is 4.79 Å². The molecule has 6 nitrogen and oxygen atoms in total. The number of carbonyl (C=O) groups excluding carboxylic acids is 1. The van der Waals surface area contributed by atoms with Crippen molar-refractivity contribution in [1.29, 1.82) is 0 Å². The first-order valence-corrected chi connectivity index (χ1v) is 10.8. The maximum Gasteiger partial charge on any atom is 0.227 e. The van der Waals surface area contributed by atoms with Gasteiger partial charge in [-0.25, -0.2) is 9.97 Å². The summed E-state index contributed by atoms with van der Waals surface area (Å²) in [4.78, 5) is 30.4. The van der Waals surface area contributed by atoms with Gasteiger partial charge in [-0.05, 0) is 24.6 Å². The number of amides is 1. The number of H-pyrrole nitrogens is 2. The van der Waals surface area contributed by atoms with Gasteiger partial charge in [0.15, 0.2) is 0 Å². The highest BCUT2D eigenvalue weighted by molar-refractivity contribution is 5.97. The van der Waals surface area contributed by atoms with Crippen LogP contribution in [0.2, 0.25) is 0 Å². The summed E-state index contributed by atoms with van der Waals surface area (Å²) in [6.07, 6.45) is 3.46. The lowest BCUT2D eigenvalue weighted by Crippen LogP contribution is -2.23. The number of aromatic amines is 2. The van der Waals surface area contributed by atoms with Crippen LogP contribution in [0, 0.1) is 0 Å². The molecule has 0 saturated carbocycles. The normalized spacial score (nSPS) is 13.9. The first-order chi connectivity index (χ1) is 15.8. The summed E-state index contributed by atoms with van der Waals surface area (Å²) in [5.41, 5.74) is 6.62. The highest BCUT2D eigenvalue weighted by Gasteiger charge is 2.22. The molecule has 5 aromatic rings. The molecule has 1 aliphatic rings. The van der Waals surface area contributed by atoms with Crippen LogP contribution in [0.1, 0.15) is 12.8 Å². The first kappa shape index (κ1) is 18.6. The Bertz CT molecular complexity index is 1430. The molecule has 0 atom stereocenters. The van der Waals surface area contributed by atoms with Crippen molar-refractivity contribution < 1.29 is 4.79 Å². The van der Waals surface area contributed by atoms with Gasteiger partial charge in [0.2, 0.25) is 5.91 Å². The van der Waals surface area contributed by atoms with Crippen LogP contribution in [-0.2, 0) is 4.79 Å². The fraction of sp³-hybridized carbons (Fsp3) is 0.115. The Morgan fingerprint density at radius 3 is 2.41 bits per heavy atom. The number of fused-ring (bicyclic) bond motifs is 1. The molecule has 0 spiro atoms. The number of carbonyl (C=O) groups is 1. The molecular formula is C26H21N5O. The minimum absolute atomic E-state index is 0.182. The number of hydrogen-bond acceptors (Lipinski definition) is 3. The SMILES string of the molecule is O=C1CCCN1c1ccc2nc(-c3ccccc3-c3nc(-c4ccccc4)c[nH]3)[nH]c2c1. The number of hydrogen-bond donors (Lipinski definition) is 2. The fourth-order valence-electron chi connectivity index (χ4n) is 4.33. The van der Waals surface area contributed by atoms with E-state index in [0.717, 1.165) is 63.7 Å². The van der Waals surface area contributed by atoms with Gasteiger partial charge in [0.1, 0.15) is 11.6 Å². The maximum absolute atomic E-state index is 12.1. The van der Waals surface area contributed by atoms with Crippen molar-refractivity contribution in [3.8, 4) is 34.0 Å². The Kier molecular flexibility index (Phi) is 4.35. The molecule has 1 fully saturated rings. The molecule has 0 radical (unpaired) electrons. The molecule has 32 heavy (non-hydrogen) atoms. The van der Waals surface area contributed by atoms with E-state index in [1.54, 1.807) is 0 Å². The Morgan fingerprint density at radius 2 is 1.62 bits per heavy atom. The third-order valence-electron chi connectivity index (χ3n) is 5.94. The number of rotatable bonds is 4. The van der Waals surface area contributed by atoms with Gasteiger partial charge in [-0.15, -0.1) is 0 Å². The van der Waals surface area contributed by atoms with E-state index in [2.05, 4.69) is 9.97 Å². The minimum Gasteiger partial charge on any atom is -0.344 e. The highest BCUT2D eigenvalue weighted by atomic mass is 16.2. The molecule has 3 heterocycles. The molecule has 0 bridgehead atoms. The van der Waals surface area contributed by atoms with E-state index < -0.39 is 0 Å². The Balaban J connectivity index is 1.39. The van der Waals surface area contributed by atoms with E-state index in [-0.39, 0.29) is 5.91 Å². The zero-order valence-electron chi connectivity index (χ0n) is 17.4. The van der Waals surface area contributed by atoms with Crippen LogP contribution in [0.5, 0.6) is 0 Å². The molecule has 2 N–H and O–H groups in total. The quantitative estimate of drug-likeness (QED) is 0.409. The van der Waals surface area contributed by atoms with Gasteiger partial charge in [0.05, 0.1) is 16.7 Å². The molecule has 6 heteroatoms. The van der Waals surface area contributed by atoms with Crippen LogP contribution < -0.4 is 4.90 Å². The predicted molar refractivity (Wildman–Crippen MR) is 126 cm³/mol. The Labute approximate surface area is 185 Å². The lowest BCUT2D eigenvalue weighted by Gasteiger charge is -2.15. The van der Waals surface area contributed by atoms with Crippen LogP contribution in [-0.4, -0.2) is 32.4 Å². The number of nitrogens with zero attached hydrogens (tertiary/aromatic N) is 3. The molecule has 2 aromatic heterocycles. The van der Waals surface area contributed by atoms with E-state index >= 15 is 0 Å². The summed E-state index contributed by atoms with van der Waals surface area (Å²) in [6.45, 7) is 0.774. The van der Waals surface area contributed by atoms with Crippen molar-refractivity contribution in [2.24, 2.45) is 0 Å². The summed E-state index contributed by atoms with van der Waals surface area (Å²) in [7, 11) is 0. The Morgan fingerprint density at radius 1 is 0.844 bits per heavy atom. The molecule has 6 rings (SSSR count). The predicted octanol–water partition coefficient (Wildman–Crippen LogP) is 5.41. The van der Waals surface area contributed by atoms with Crippen LogP contribution in [0.3, 0.4) is 0 Å². The van der Waals surface area contributed by atoms with Crippen molar-refractivity contribution in [1.82, 2.24) is 19.9 Å². The summed E-state index contributed by atoms with van der Waals surface area (Å²) < 4.78 is 0. The average molecular weight is 419 g/mol. The molecule has 156 valence electrons. The van der Waals surface area contributed by atoms with Crippen LogP contribution in [0.25, 0.3) is 45.1 Å². The average Bonchev–Trinajstić information content (AvgIpc) is 3.58. The zero-order valence-corrected chi connectivity index (χ0v) is 17.4. The molecule has 0 aliphatic carbocycles.